The first kappa shape index (κ1) is 14.5. The molecule has 0 atom stereocenters. The monoisotopic (exact) mass is 318 g/mol. The first-order chi connectivity index (χ1) is 10.4. The number of nitrogens with one attached hydrogen (secondary N) is 3. The highest BCUT2D eigenvalue weighted by atomic mass is 32.2. The highest BCUT2D eigenvalue weighted by molar-refractivity contribution is 7.89. The summed E-state index contributed by atoms with van der Waals surface area (Å²) in [5, 5.41) is 9.52. The Labute approximate surface area is 127 Å². The second-order valence-corrected chi connectivity index (χ2v) is 6.78. The van der Waals surface area contributed by atoms with Gasteiger partial charge in [0.05, 0.1) is 21.9 Å². The summed E-state index contributed by atoms with van der Waals surface area (Å²) in [6.45, 7) is 1.83. The van der Waals surface area contributed by atoms with Gasteiger partial charge in [-0.3, -0.25) is 9.89 Å². The van der Waals surface area contributed by atoms with Crippen LogP contribution in [0, 0.1) is 6.92 Å². The summed E-state index contributed by atoms with van der Waals surface area (Å²) in [6, 6.07) is 6.31. The summed E-state index contributed by atoms with van der Waals surface area (Å²) in [5.74, 6) is -0.277. The molecule has 0 radical (unpaired) electrons. The van der Waals surface area contributed by atoms with Crippen LogP contribution in [-0.2, 0) is 14.8 Å². The number of nitrogens with zero attached hydrogens (tertiary/aromatic N) is 1. The topological polar surface area (TPSA) is 104 Å². The maximum Gasteiger partial charge on any atom is 0.256 e. The van der Waals surface area contributed by atoms with Gasteiger partial charge in [-0.2, -0.15) is 5.10 Å². The molecule has 0 aliphatic carbocycles. The fraction of sp³-hybridized carbons (Fsp3) is 0.143. The molecule has 0 saturated heterocycles. The van der Waals surface area contributed by atoms with Crippen LogP contribution in [0.15, 0.2) is 29.2 Å². The summed E-state index contributed by atoms with van der Waals surface area (Å²) in [7, 11) is -2.22. The summed E-state index contributed by atoms with van der Waals surface area (Å²) >= 11 is 0. The number of anilines is 1. The fourth-order valence-electron chi connectivity index (χ4n) is 2.27. The van der Waals surface area contributed by atoms with Crippen molar-refractivity contribution in [3.63, 3.8) is 0 Å². The molecule has 22 heavy (non-hydrogen) atoms. The average molecular weight is 318 g/mol. The maximum absolute atomic E-state index is 12.1. The van der Waals surface area contributed by atoms with Gasteiger partial charge in [0.25, 0.3) is 5.91 Å². The van der Waals surface area contributed by atoms with Gasteiger partial charge in [0.1, 0.15) is 0 Å². The molecule has 7 nitrogen and oxygen atoms in total. The maximum atomic E-state index is 12.1. The molecular weight excluding hydrogens is 304 g/mol. The van der Waals surface area contributed by atoms with E-state index in [-0.39, 0.29) is 10.8 Å². The first-order valence-electron chi connectivity index (χ1n) is 6.54. The third-order valence-electron chi connectivity index (χ3n) is 3.38. The van der Waals surface area contributed by atoms with Gasteiger partial charge in [-0.25, -0.2) is 13.1 Å². The molecule has 1 aromatic carbocycles. The summed E-state index contributed by atoms with van der Waals surface area (Å²) in [4.78, 5) is 12.2. The number of aromatic nitrogens is 2. The highest BCUT2D eigenvalue weighted by Gasteiger charge is 2.26. The molecule has 2 heterocycles. The lowest BCUT2D eigenvalue weighted by Gasteiger charge is -2.05. The second-order valence-electron chi connectivity index (χ2n) is 4.89. The van der Waals surface area contributed by atoms with Gasteiger partial charge in [-0.15, -0.1) is 0 Å². The minimum absolute atomic E-state index is 0.108. The summed E-state index contributed by atoms with van der Waals surface area (Å²) < 4.78 is 26.1. The molecule has 3 N–H and O–H groups in total. The third-order valence-corrected chi connectivity index (χ3v) is 4.79. The van der Waals surface area contributed by atoms with Crippen molar-refractivity contribution in [2.45, 2.75) is 11.8 Å². The Morgan fingerprint density at radius 3 is 2.68 bits per heavy atom. The van der Waals surface area contributed by atoms with E-state index in [1.54, 1.807) is 18.2 Å². The van der Waals surface area contributed by atoms with Crippen LogP contribution < -0.4 is 10.0 Å². The Morgan fingerprint density at radius 1 is 1.27 bits per heavy atom. The van der Waals surface area contributed by atoms with Crippen LogP contribution in [0.25, 0.3) is 11.6 Å². The van der Waals surface area contributed by atoms with Crippen molar-refractivity contribution in [3.05, 3.63) is 41.2 Å². The van der Waals surface area contributed by atoms with Crippen LogP contribution >= 0.6 is 0 Å². The lowest BCUT2D eigenvalue weighted by molar-refractivity contribution is -0.110. The number of fused-ring (bicyclic) bond motifs is 1. The van der Waals surface area contributed by atoms with E-state index in [4.69, 9.17) is 0 Å². The lowest BCUT2D eigenvalue weighted by Crippen LogP contribution is -2.18. The van der Waals surface area contributed by atoms with Crippen LogP contribution in [0.4, 0.5) is 5.69 Å². The van der Waals surface area contributed by atoms with E-state index in [0.717, 1.165) is 5.69 Å². The van der Waals surface area contributed by atoms with Crippen molar-refractivity contribution >= 4 is 33.3 Å². The average Bonchev–Trinajstić information content (AvgIpc) is 3.03. The van der Waals surface area contributed by atoms with Crippen molar-refractivity contribution in [2.24, 2.45) is 0 Å². The molecule has 0 unspecified atom stereocenters. The van der Waals surface area contributed by atoms with E-state index in [9.17, 15) is 13.2 Å². The number of benzene rings is 1. The number of amides is 1. The van der Waals surface area contributed by atoms with E-state index >= 15 is 0 Å². The molecule has 114 valence electrons. The van der Waals surface area contributed by atoms with Crippen LogP contribution in [0.3, 0.4) is 0 Å². The summed E-state index contributed by atoms with van der Waals surface area (Å²) in [6.07, 6.45) is 1.65. The molecule has 8 heteroatoms. The first-order valence-corrected chi connectivity index (χ1v) is 8.02. The largest absolute Gasteiger partial charge is 0.321 e. The Balaban J connectivity index is 2.12. The van der Waals surface area contributed by atoms with Crippen molar-refractivity contribution in [2.75, 3.05) is 12.4 Å². The number of hydrogen-bond acceptors (Lipinski definition) is 4. The van der Waals surface area contributed by atoms with Gasteiger partial charge >= 0.3 is 0 Å². The smallest absolute Gasteiger partial charge is 0.256 e. The Bertz CT molecular complexity index is 897. The number of hydrogen-bond donors (Lipinski definition) is 3. The minimum Gasteiger partial charge on any atom is -0.321 e. The van der Waals surface area contributed by atoms with Crippen LogP contribution in [0.2, 0.25) is 0 Å². The normalized spacial score (nSPS) is 15.9. The van der Waals surface area contributed by atoms with Crippen LogP contribution in [0.1, 0.15) is 17.0 Å². The predicted octanol–water partition coefficient (Wildman–Crippen LogP) is 1.12. The van der Waals surface area contributed by atoms with Gasteiger partial charge in [0.2, 0.25) is 10.0 Å². The van der Waals surface area contributed by atoms with Crippen LogP contribution in [-0.4, -0.2) is 31.6 Å². The van der Waals surface area contributed by atoms with E-state index < -0.39 is 10.0 Å². The molecular formula is C14H14N4O3S. The third kappa shape index (κ3) is 2.42. The van der Waals surface area contributed by atoms with Gasteiger partial charge in [-0.05, 0) is 44.3 Å². The van der Waals surface area contributed by atoms with Crippen molar-refractivity contribution in [1.82, 2.24) is 14.9 Å². The zero-order valence-corrected chi connectivity index (χ0v) is 12.8. The molecule has 0 bridgehead atoms. The van der Waals surface area contributed by atoms with Crippen molar-refractivity contribution < 1.29 is 13.2 Å². The van der Waals surface area contributed by atoms with Crippen molar-refractivity contribution in [3.8, 4) is 0 Å². The van der Waals surface area contributed by atoms with Gasteiger partial charge in [0.15, 0.2) is 0 Å². The molecule has 1 aromatic heterocycles. The zero-order chi connectivity index (χ0) is 15.9. The zero-order valence-electron chi connectivity index (χ0n) is 12.0. The van der Waals surface area contributed by atoms with E-state index in [1.165, 1.54) is 19.2 Å². The highest BCUT2D eigenvalue weighted by Crippen LogP contribution is 2.34. The molecule has 0 saturated carbocycles. The Morgan fingerprint density at radius 2 is 2.05 bits per heavy atom. The Hall–Kier alpha value is -2.45. The van der Waals surface area contributed by atoms with Gasteiger partial charge in [0, 0.05) is 11.3 Å². The van der Waals surface area contributed by atoms with Gasteiger partial charge in [-0.1, -0.05) is 0 Å². The van der Waals surface area contributed by atoms with Crippen molar-refractivity contribution in [1.29, 1.82) is 0 Å². The quantitative estimate of drug-likeness (QED) is 0.738. The molecule has 3 rings (SSSR count). The van der Waals surface area contributed by atoms with E-state index in [2.05, 4.69) is 20.2 Å². The van der Waals surface area contributed by atoms with E-state index in [0.29, 0.717) is 22.5 Å². The number of aromatic amines is 1. The molecule has 2 aromatic rings. The lowest BCUT2D eigenvalue weighted by atomic mass is 10.1. The predicted molar refractivity (Wildman–Crippen MR) is 82.5 cm³/mol. The second kappa shape index (κ2) is 5.08. The number of sulfonamides is 1. The number of H-pyrrole nitrogens is 1. The number of carbonyl (C=O) groups excluding carboxylic acids is 1. The van der Waals surface area contributed by atoms with Gasteiger partial charge < -0.3 is 5.32 Å². The fourth-order valence-corrected chi connectivity index (χ4v) is 3.02. The standard InChI is InChI=1S/C14H14N4O3S/c1-8-5-9(18-17-8)6-12-11-7-10(22(20,21)15-2)3-4-13(11)16-14(12)19/h3-7,15H,1-2H3,(H,16,19)(H,17,18). The van der Waals surface area contributed by atoms with E-state index in [1.807, 2.05) is 6.92 Å². The summed E-state index contributed by atoms with van der Waals surface area (Å²) in [5.41, 5.74) is 3.01. The number of carbonyl (C=O) groups is 1. The molecule has 1 aliphatic heterocycles. The molecule has 1 amide bonds. The van der Waals surface area contributed by atoms with Crippen LogP contribution in [0.5, 0.6) is 0 Å². The molecule has 0 spiro atoms. The number of aryl methyl sites for hydroxylation is 1. The molecule has 1 aliphatic rings. The Kier molecular flexibility index (Phi) is 3.34. The number of rotatable bonds is 3. The minimum atomic E-state index is -3.57. The SMILES string of the molecule is CNS(=O)(=O)c1ccc2c(c1)C(=Cc1cc(C)n[nH]1)C(=O)N2. The molecule has 0 fully saturated rings.